The van der Waals surface area contributed by atoms with Crippen LogP contribution in [-0.4, -0.2) is 45.9 Å². The third kappa shape index (κ3) is 4.96. The SMILES string of the molecule is CC(C)C[C@@H](C(=O)N[C@H](C#N)C[C@@H]1CCN[C@H]1O)N1C=Cc2ccccc2[C@@H]1O. The highest BCUT2D eigenvalue weighted by Gasteiger charge is 2.34. The molecule has 0 unspecified atom stereocenters. The number of hydrogen-bond acceptors (Lipinski definition) is 6. The molecule has 0 saturated carbocycles. The van der Waals surface area contributed by atoms with E-state index in [1.54, 1.807) is 11.1 Å². The average molecular weight is 399 g/mol. The van der Waals surface area contributed by atoms with Gasteiger partial charge < -0.3 is 20.4 Å². The zero-order chi connectivity index (χ0) is 21.0. The lowest BCUT2D eigenvalue weighted by molar-refractivity contribution is -0.130. The molecule has 156 valence electrons. The summed E-state index contributed by atoms with van der Waals surface area (Å²) in [7, 11) is 0. The van der Waals surface area contributed by atoms with Crippen molar-refractivity contribution >= 4 is 12.0 Å². The minimum absolute atomic E-state index is 0.0594. The van der Waals surface area contributed by atoms with Crippen LogP contribution in [0.4, 0.5) is 0 Å². The van der Waals surface area contributed by atoms with Gasteiger partial charge in [0, 0.05) is 17.7 Å². The molecule has 0 spiro atoms. The Hall–Kier alpha value is -2.40. The van der Waals surface area contributed by atoms with Gasteiger partial charge in [0.2, 0.25) is 5.91 Å². The molecule has 0 bridgehead atoms. The van der Waals surface area contributed by atoms with Crippen LogP contribution in [0.5, 0.6) is 0 Å². The molecular weight excluding hydrogens is 368 g/mol. The second-order valence-electron chi connectivity index (χ2n) is 8.28. The van der Waals surface area contributed by atoms with Crippen LogP contribution in [0.3, 0.4) is 0 Å². The van der Waals surface area contributed by atoms with Crippen LogP contribution in [0.15, 0.2) is 30.5 Å². The number of nitriles is 1. The molecule has 1 fully saturated rings. The molecule has 1 amide bonds. The van der Waals surface area contributed by atoms with Gasteiger partial charge in [0.25, 0.3) is 0 Å². The van der Waals surface area contributed by atoms with Crippen LogP contribution in [0.25, 0.3) is 6.08 Å². The fourth-order valence-corrected chi connectivity index (χ4v) is 4.09. The number of carbonyl (C=O) groups is 1. The van der Waals surface area contributed by atoms with Crippen molar-refractivity contribution in [3.05, 3.63) is 41.6 Å². The molecule has 0 radical (unpaired) electrons. The van der Waals surface area contributed by atoms with Gasteiger partial charge in [0.1, 0.15) is 18.3 Å². The lowest BCUT2D eigenvalue weighted by atomic mass is 9.95. The van der Waals surface area contributed by atoms with E-state index >= 15 is 0 Å². The number of aliphatic hydroxyl groups is 2. The highest BCUT2D eigenvalue weighted by atomic mass is 16.3. The number of amides is 1. The zero-order valence-electron chi connectivity index (χ0n) is 17.0. The molecule has 2 heterocycles. The second kappa shape index (κ2) is 9.40. The minimum Gasteiger partial charge on any atom is -0.378 e. The first-order valence-electron chi connectivity index (χ1n) is 10.2. The Morgan fingerprint density at radius 3 is 2.79 bits per heavy atom. The normalized spacial score (nSPS) is 25.4. The first-order valence-corrected chi connectivity index (χ1v) is 10.2. The van der Waals surface area contributed by atoms with E-state index in [-0.39, 0.29) is 17.7 Å². The van der Waals surface area contributed by atoms with Crippen molar-refractivity contribution in [2.45, 2.75) is 57.6 Å². The minimum atomic E-state index is -0.924. The van der Waals surface area contributed by atoms with Crippen molar-refractivity contribution in [1.29, 1.82) is 5.26 Å². The second-order valence-corrected chi connectivity index (χ2v) is 8.28. The van der Waals surface area contributed by atoms with Gasteiger partial charge in [0.05, 0.1) is 6.07 Å². The summed E-state index contributed by atoms with van der Waals surface area (Å²) < 4.78 is 0. The molecule has 2 aliphatic rings. The number of nitrogens with zero attached hydrogens (tertiary/aromatic N) is 2. The Bertz CT molecular complexity index is 789. The van der Waals surface area contributed by atoms with Gasteiger partial charge >= 0.3 is 0 Å². The van der Waals surface area contributed by atoms with Crippen molar-refractivity contribution in [3.63, 3.8) is 0 Å². The number of benzene rings is 1. The van der Waals surface area contributed by atoms with E-state index in [1.807, 2.05) is 44.2 Å². The van der Waals surface area contributed by atoms with E-state index in [2.05, 4.69) is 16.7 Å². The molecule has 29 heavy (non-hydrogen) atoms. The number of rotatable bonds is 7. The Kier molecular flexibility index (Phi) is 6.91. The molecule has 1 aromatic carbocycles. The van der Waals surface area contributed by atoms with E-state index in [0.717, 1.165) is 17.5 Å². The monoisotopic (exact) mass is 398 g/mol. The molecule has 1 saturated heterocycles. The summed E-state index contributed by atoms with van der Waals surface area (Å²) in [6, 6.07) is 8.42. The fraction of sp³-hybridized carbons (Fsp3) is 0.545. The summed E-state index contributed by atoms with van der Waals surface area (Å²) in [4.78, 5) is 14.8. The Morgan fingerprint density at radius 2 is 2.14 bits per heavy atom. The van der Waals surface area contributed by atoms with Crippen LogP contribution < -0.4 is 10.6 Å². The molecule has 0 aliphatic carbocycles. The number of aliphatic hydroxyl groups excluding tert-OH is 2. The number of hydrogen-bond donors (Lipinski definition) is 4. The molecule has 5 atom stereocenters. The Balaban J connectivity index is 1.74. The molecule has 2 aliphatic heterocycles. The third-order valence-corrected chi connectivity index (χ3v) is 5.67. The lowest BCUT2D eigenvalue weighted by Crippen LogP contribution is -2.50. The molecule has 0 aromatic heterocycles. The van der Waals surface area contributed by atoms with E-state index < -0.39 is 24.5 Å². The largest absolute Gasteiger partial charge is 0.378 e. The summed E-state index contributed by atoms with van der Waals surface area (Å²) in [5, 5.41) is 36.2. The van der Waals surface area contributed by atoms with E-state index in [1.165, 1.54) is 0 Å². The molecule has 3 rings (SSSR count). The number of fused-ring (bicyclic) bond motifs is 1. The summed E-state index contributed by atoms with van der Waals surface area (Å²) >= 11 is 0. The lowest BCUT2D eigenvalue weighted by Gasteiger charge is -2.38. The molecular formula is C22H30N4O3. The summed E-state index contributed by atoms with van der Waals surface area (Å²) in [5.74, 6) is -0.116. The van der Waals surface area contributed by atoms with E-state index in [9.17, 15) is 20.3 Å². The van der Waals surface area contributed by atoms with Crippen molar-refractivity contribution in [3.8, 4) is 6.07 Å². The van der Waals surface area contributed by atoms with Crippen molar-refractivity contribution in [2.75, 3.05) is 6.54 Å². The van der Waals surface area contributed by atoms with Gasteiger partial charge in [0.15, 0.2) is 6.23 Å². The zero-order valence-corrected chi connectivity index (χ0v) is 17.0. The van der Waals surface area contributed by atoms with Crippen molar-refractivity contribution in [1.82, 2.24) is 15.5 Å². The van der Waals surface area contributed by atoms with Gasteiger partial charge in [-0.3, -0.25) is 10.1 Å². The summed E-state index contributed by atoms with van der Waals surface area (Å²) in [5.41, 5.74) is 1.69. The highest BCUT2D eigenvalue weighted by Crippen LogP contribution is 2.31. The summed E-state index contributed by atoms with van der Waals surface area (Å²) in [6.45, 7) is 4.76. The smallest absolute Gasteiger partial charge is 0.243 e. The van der Waals surface area contributed by atoms with Crippen molar-refractivity contribution < 1.29 is 15.0 Å². The Morgan fingerprint density at radius 1 is 1.38 bits per heavy atom. The van der Waals surface area contributed by atoms with E-state index in [0.29, 0.717) is 19.4 Å². The predicted molar refractivity (Wildman–Crippen MR) is 110 cm³/mol. The van der Waals surface area contributed by atoms with Crippen LogP contribution in [0.1, 0.15) is 50.5 Å². The molecule has 4 N–H and O–H groups in total. The van der Waals surface area contributed by atoms with Gasteiger partial charge in [-0.1, -0.05) is 38.1 Å². The molecule has 1 aromatic rings. The van der Waals surface area contributed by atoms with Gasteiger partial charge in [-0.05, 0) is 43.4 Å². The van der Waals surface area contributed by atoms with Gasteiger partial charge in [-0.15, -0.1) is 0 Å². The standard InChI is InChI=1S/C22H30N4O3/c1-14(2)11-19(26-10-8-15-5-3-4-6-18(15)22(26)29)21(28)25-17(13-23)12-16-7-9-24-20(16)27/h3-6,8,10,14,16-17,19-20,22,24,27,29H,7,9,11-12H2,1-2H3,(H,25,28)/t16-,17-,19-,20-,22-/m0/s1. The van der Waals surface area contributed by atoms with Crippen LogP contribution in [0, 0.1) is 23.2 Å². The topological polar surface area (TPSA) is 109 Å². The van der Waals surface area contributed by atoms with E-state index in [4.69, 9.17) is 0 Å². The average Bonchev–Trinajstić information content (AvgIpc) is 3.10. The van der Waals surface area contributed by atoms with Gasteiger partial charge in [-0.25, -0.2) is 0 Å². The first kappa shape index (κ1) is 21.3. The van der Waals surface area contributed by atoms with Crippen LogP contribution >= 0.6 is 0 Å². The van der Waals surface area contributed by atoms with Crippen LogP contribution in [-0.2, 0) is 4.79 Å². The predicted octanol–water partition coefficient (Wildman–Crippen LogP) is 1.70. The number of nitrogens with one attached hydrogen (secondary N) is 2. The van der Waals surface area contributed by atoms with Crippen LogP contribution in [0.2, 0.25) is 0 Å². The maximum atomic E-state index is 13.1. The Labute approximate surface area is 172 Å². The quantitative estimate of drug-likeness (QED) is 0.557. The number of carbonyl (C=O) groups excluding carboxylic acids is 1. The third-order valence-electron chi connectivity index (χ3n) is 5.67. The van der Waals surface area contributed by atoms with Crippen molar-refractivity contribution in [2.24, 2.45) is 11.8 Å². The maximum Gasteiger partial charge on any atom is 0.243 e. The fourth-order valence-electron chi connectivity index (χ4n) is 4.09. The highest BCUT2D eigenvalue weighted by molar-refractivity contribution is 5.83. The van der Waals surface area contributed by atoms with Gasteiger partial charge in [-0.2, -0.15) is 5.26 Å². The maximum absolute atomic E-state index is 13.1. The molecule has 7 heteroatoms. The molecule has 7 nitrogen and oxygen atoms in total. The summed E-state index contributed by atoms with van der Waals surface area (Å²) in [6.07, 6.45) is 3.79. The first-order chi connectivity index (χ1) is 13.9.